The van der Waals surface area contributed by atoms with E-state index >= 15 is 0 Å². The first-order chi connectivity index (χ1) is 11.1. The second kappa shape index (κ2) is 6.30. The number of nitrogens with zero attached hydrogens (tertiary/aromatic N) is 3. The van der Waals surface area contributed by atoms with Gasteiger partial charge < -0.3 is 4.98 Å². The number of rotatable bonds is 6. The highest BCUT2D eigenvalue weighted by Crippen LogP contribution is 2.17. The highest BCUT2D eigenvalue weighted by Gasteiger charge is 2.22. The number of carbonyl (C=O) groups excluding carboxylic acids is 2. The van der Waals surface area contributed by atoms with E-state index in [1.54, 1.807) is 30.5 Å². The molecule has 7 nitrogen and oxygen atoms in total. The zero-order chi connectivity index (χ0) is 16.2. The summed E-state index contributed by atoms with van der Waals surface area (Å²) >= 11 is 0. The zero-order valence-corrected chi connectivity index (χ0v) is 11.9. The third kappa shape index (κ3) is 3.20. The Morgan fingerprint density at radius 3 is 2.70 bits per heavy atom. The molecule has 0 saturated carbocycles. The number of carbonyl (C=O) groups is 2. The molecule has 0 aliphatic carbocycles. The molecule has 0 spiro atoms. The summed E-state index contributed by atoms with van der Waals surface area (Å²) in [4.78, 5) is 26.8. The van der Waals surface area contributed by atoms with Crippen LogP contribution < -0.4 is 0 Å². The first-order valence-electron chi connectivity index (χ1n) is 6.84. The Morgan fingerprint density at radius 2 is 1.96 bits per heavy atom. The molecule has 0 bridgehead atoms. The third-order valence-electron chi connectivity index (χ3n) is 3.41. The van der Waals surface area contributed by atoms with Gasteiger partial charge >= 0.3 is 0 Å². The number of aromatic nitrogens is 5. The third-order valence-corrected chi connectivity index (χ3v) is 3.41. The molecular weight excluding hydrogens is 301 g/mol. The number of aromatic amines is 2. The first-order valence-corrected chi connectivity index (χ1v) is 6.84. The average molecular weight is 313 g/mol. The van der Waals surface area contributed by atoms with Gasteiger partial charge in [0.25, 0.3) is 5.78 Å². The van der Waals surface area contributed by atoms with Crippen LogP contribution in [0.4, 0.5) is 4.39 Å². The smallest absolute Gasteiger partial charge is 0.269 e. The van der Waals surface area contributed by atoms with E-state index in [0.29, 0.717) is 17.7 Å². The number of nitrogens with one attached hydrogen (secondary N) is 2. The van der Waals surface area contributed by atoms with Crippen LogP contribution in [0.1, 0.15) is 27.4 Å². The maximum absolute atomic E-state index is 13.7. The van der Waals surface area contributed by atoms with Gasteiger partial charge in [-0.1, -0.05) is 18.2 Å². The Hall–Kier alpha value is -3.16. The Morgan fingerprint density at radius 1 is 1.13 bits per heavy atom. The van der Waals surface area contributed by atoms with Crippen molar-refractivity contribution in [2.24, 2.45) is 0 Å². The van der Waals surface area contributed by atoms with Crippen LogP contribution in [0, 0.1) is 5.82 Å². The molecule has 0 saturated heterocycles. The molecule has 0 fully saturated rings. The molecule has 8 heteroatoms. The SMILES string of the molecule is O=C(Cc1[nH]ccc1Cc1ccccc1F)C(=O)c1nn[nH]n1. The predicted octanol–water partition coefficient (Wildman–Crippen LogP) is 1.25. The highest BCUT2D eigenvalue weighted by molar-refractivity contribution is 6.43. The van der Waals surface area contributed by atoms with Gasteiger partial charge in [0, 0.05) is 18.3 Å². The first kappa shape index (κ1) is 14.8. The number of hydrogen-bond donors (Lipinski definition) is 2. The van der Waals surface area contributed by atoms with E-state index in [1.165, 1.54) is 6.07 Å². The van der Waals surface area contributed by atoms with Gasteiger partial charge in [-0.25, -0.2) is 4.39 Å². The van der Waals surface area contributed by atoms with Crippen molar-refractivity contribution in [1.29, 1.82) is 0 Å². The Kier molecular flexibility index (Phi) is 4.05. The standard InChI is InChI=1S/C15H12FN5O2/c16-11-4-2-1-3-9(11)7-10-5-6-17-12(10)8-13(22)14(23)15-18-20-21-19-15/h1-6,17H,7-8H2,(H,18,19,20,21). The van der Waals surface area contributed by atoms with Gasteiger partial charge in [0.2, 0.25) is 11.6 Å². The van der Waals surface area contributed by atoms with Crippen LogP contribution in [0.3, 0.4) is 0 Å². The summed E-state index contributed by atoms with van der Waals surface area (Å²) in [6.07, 6.45) is 1.84. The minimum atomic E-state index is -0.815. The number of halogens is 1. The van der Waals surface area contributed by atoms with Gasteiger partial charge in [-0.2, -0.15) is 5.21 Å². The van der Waals surface area contributed by atoms with Gasteiger partial charge in [0.1, 0.15) is 5.82 Å². The van der Waals surface area contributed by atoms with Crippen molar-refractivity contribution < 1.29 is 14.0 Å². The highest BCUT2D eigenvalue weighted by atomic mass is 19.1. The van der Waals surface area contributed by atoms with Crippen LogP contribution in [-0.2, 0) is 17.6 Å². The monoisotopic (exact) mass is 313 g/mol. The van der Waals surface area contributed by atoms with Crippen molar-refractivity contribution in [2.45, 2.75) is 12.8 Å². The fourth-order valence-electron chi connectivity index (χ4n) is 2.24. The van der Waals surface area contributed by atoms with Crippen molar-refractivity contribution in [2.75, 3.05) is 0 Å². The molecule has 23 heavy (non-hydrogen) atoms. The topological polar surface area (TPSA) is 104 Å². The largest absolute Gasteiger partial charge is 0.364 e. The quantitative estimate of drug-likeness (QED) is 0.526. The van der Waals surface area contributed by atoms with Gasteiger partial charge in [-0.05, 0) is 28.5 Å². The molecule has 0 radical (unpaired) electrons. The minimum absolute atomic E-state index is 0.135. The van der Waals surface area contributed by atoms with E-state index in [-0.39, 0.29) is 18.1 Å². The summed E-state index contributed by atoms with van der Waals surface area (Å²) in [5, 5.41) is 12.4. The maximum atomic E-state index is 13.7. The molecule has 3 aromatic rings. The maximum Gasteiger partial charge on any atom is 0.269 e. The second-order valence-corrected chi connectivity index (χ2v) is 4.91. The number of ketones is 2. The lowest BCUT2D eigenvalue weighted by Gasteiger charge is -2.04. The lowest BCUT2D eigenvalue weighted by Crippen LogP contribution is -2.19. The molecule has 0 atom stereocenters. The fourth-order valence-corrected chi connectivity index (χ4v) is 2.24. The summed E-state index contributed by atoms with van der Waals surface area (Å²) in [6, 6.07) is 8.18. The number of tetrazole rings is 1. The van der Waals surface area contributed by atoms with Crippen molar-refractivity contribution >= 4 is 11.6 Å². The van der Waals surface area contributed by atoms with Gasteiger partial charge in [0.15, 0.2) is 0 Å². The second-order valence-electron chi connectivity index (χ2n) is 4.91. The van der Waals surface area contributed by atoms with Crippen molar-refractivity contribution in [3.63, 3.8) is 0 Å². The van der Waals surface area contributed by atoms with Crippen LogP contribution in [0.2, 0.25) is 0 Å². The predicted molar refractivity (Wildman–Crippen MR) is 77.2 cm³/mol. The van der Waals surface area contributed by atoms with E-state index in [1.807, 2.05) is 0 Å². The van der Waals surface area contributed by atoms with Crippen LogP contribution >= 0.6 is 0 Å². The lowest BCUT2D eigenvalue weighted by molar-refractivity contribution is -0.114. The Balaban J connectivity index is 1.75. The molecule has 116 valence electrons. The molecular formula is C15H12FN5O2. The van der Waals surface area contributed by atoms with Crippen LogP contribution in [0.25, 0.3) is 0 Å². The van der Waals surface area contributed by atoms with Gasteiger partial charge in [0.05, 0.1) is 6.42 Å². The molecule has 2 N–H and O–H groups in total. The normalized spacial score (nSPS) is 10.7. The summed E-state index contributed by atoms with van der Waals surface area (Å²) in [6.45, 7) is 0. The number of H-pyrrole nitrogens is 2. The van der Waals surface area contributed by atoms with Crippen LogP contribution in [0.5, 0.6) is 0 Å². The van der Waals surface area contributed by atoms with Crippen molar-refractivity contribution in [3.05, 3.63) is 65.0 Å². The van der Waals surface area contributed by atoms with Crippen LogP contribution in [-0.4, -0.2) is 37.2 Å². The fraction of sp³-hybridized carbons (Fsp3) is 0.133. The Bertz CT molecular complexity index is 841. The molecule has 0 unspecified atom stereocenters. The summed E-state index contributed by atoms with van der Waals surface area (Å²) in [7, 11) is 0. The van der Waals surface area contributed by atoms with Crippen molar-refractivity contribution in [1.82, 2.24) is 25.6 Å². The average Bonchev–Trinajstić information content (AvgIpc) is 3.21. The number of benzene rings is 1. The lowest BCUT2D eigenvalue weighted by atomic mass is 10.0. The van der Waals surface area contributed by atoms with Gasteiger partial charge in [-0.15, -0.1) is 10.2 Å². The van der Waals surface area contributed by atoms with Crippen LogP contribution in [0.15, 0.2) is 36.5 Å². The summed E-state index contributed by atoms with van der Waals surface area (Å²) in [5.74, 6) is -2.06. The van der Waals surface area contributed by atoms with Crippen molar-refractivity contribution in [3.8, 4) is 0 Å². The Labute approximate surface area is 129 Å². The van der Waals surface area contributed by atoms with E-state index in [4.69, 9.17) is 0 Å². The minimum Gasteiger partial charge on any atom is -0.364 e. The van der Waals surface area contributed by atoms with E-state index in [9.17, 15) is 14.0 Å². The number of hydrogen-bond acceptors (Lipinski definition) is 5. The molecule has 0 amide bonds. The molecule has 1 aromatic carbocycles. The number of Topliss-reactive ketones (excluding diaryl/α,β-unsaturated/α-hetero) is 2. The molecule has 2 aromatic heterocycles. The van der Waals surface area contributed by atoms with E-state index in [0.717, 1.165) is 5.56 Å². The summed E-state index contributed by atoms with van der Waals surface area (Å²) in [5.41, 5.74) is 1.84. The van der Waals surface area contributed by atoms with Gasteiger partial charge in [-0.3, -0.25) is 9.59 Å². The zero-order valence-electron chi connectivity index (χ0n) is 11.9. The molecule has 0 aliphatic rings. The summed E-state index contributed by atoms with van der Waals surface area (Å²) < 4.78 is 13.7. The van der Waals surface area contributed by atoms with E-state index < -0.39 is 11.6 Å². The molecule has 2 heterocycles. The molecule has 0 aliphatic heterocycles. The molecule has 3 rings (SSSR count). The van der Waals surface area contributed by atoms with E-state index in [2.05, 4.69) is 25.6 Å².